The fourth-order valence-electron chi connectivity index (χ4n) is 1.57. The lowest BCUT2D eigenvalue weighted by atomic mass is 10.2. The summed E-state index contributed by atoms with van der Waals surface area (Å²) in [4.78, 5) is 10.3. The largest absolute Gasteiger partial charge is 0.453 e. The molecule has 21 heavy (non-hydrogen) atoms. The fourth-order valence-corrected chi connectivity index (χ4v) is 3.30. The number of nitro groups is 1. The molecular formula is C13H7Br2Cl2NO3. The molecular weight excluding hydrogens is 449 g/mol. The summed E-state index contributed by atoms with van der Waals surface area (Å²) in [5, 5.41) is 11.2. The topological polar surface area (TPSA) is 52.4 Å². The molecule has 0 bridgehead atoms. The molecule has 0 amide bonds. The molecule has 2 rings (SSSR count). The number of benzene rings is 2. The Morgan fingerprint density at radius 3 is 2.29 bits per heavy atom. The van der Waals surface area contributed by atoms with E-state index in [1.54, 1.807) is 18.2 Å². The average molecular weight is 456 g/mol. The highest BCUT2D eigenvalue weighted by molar-refractivity contribution is 9.11. The van der Waals surface area contributed by atoms with Crippen molar-refractivity contribution in [1.29, 1.82) is 0 Å². The van der Waals surface area contributed by atoms with Crippen molar-refractivity contribution in [2.75, 3.05) is 0 Å². The Kier molecular flexibility index (Phi) is 5.48. The predicted octanol–water partition coefficient (Wildman–Crippen LogP) is 6.30. The van der Waals surface area contributed by atoms with E-state index in [1.807, 2.05) is 0 Å². The predicted molar refractivity (Wildman–Crippen MR) is 89.6 cm³/mol. The van der Waals surface area contributed by atoms with E-state index in [-0.39, 0.29) is 5.69 Å². The number of rotatable bonds is 4. The molecule has 0 aromatic heterocycles. The first-order chi connectivity index (χ1) is 9.92. The Balaban J connectivity index is 2.38. The van der Waals surface area contributed by atoms with E-state index in [0.717, 1.165) is 5.56 Å². The number of hydrogen-bond acceptors (Lipinski definition) is 3. The average Bonchev–Trinajstić information content (AvgIpc) is 2.43. The van der Waals surface area contributed by atoms with Gasteiger partial charge in [0.1, 0.15) is 5.75 Å². The van der Waals surface area contributed by atoms with Crippen molar-refractivity contribution < 1.29 is 9.66 Å². The maximum absolute atomic E-state index is 10.8. The quantitative estimate of drug-likeness (QED) is 0.308. The Morgan fingerprint density at radius 1 is 1.19 bits per heavy atom. The molecule has 0 aliphatic rings. The standard InChI is InChI=1S/C13H7Br2Cl2NO3/c14-9-4-8(18(19)20)5-10(15)13(9)21-12-2-1-7(6-16)3-11(12)17/h1-5H,6H2. The van der Waals surface area contributed by atoms with E-state index in [0.29, 0.717) is 31.3 Å². The van der Waals surface area contributed by atoms with Gasteiger partial charge in [0.25, 0.3) is 5.69 Å². The van der Waals surface area contributed by atoms with E-state index in [2.05, 4.69) is 31.9 Å². The monoisotopic (exact) mass is 453 g/mol. The van der Waals surface area contributed by atoms with Crippen LogP contribution in [-0.4, -0.2) is 4.92 Å². The van der Waals surface area contributed by atoms with Crippen LogP contribution in [-0.2, 0) is 5.88 Å². The second kappa shape index (κ2) is 6.96. The third-order valence-electron chi connectivity index (χ3n) is 2.56. The van der Waals surface area contributed by atoms with E-state index in [4.69, 9.17) is 27.9 Å². The Morgan fingerprint density at radius 2 is 1.81 bits per heavy atom. The number of non-ortho nitro benzene ring substituents is 1. The Labute approximate surface area is 147 Å². The summed E-state index contributed by atoms with van der Waals surface area (Å²) in [7, 11) is 0. The number of nitro benzene ring substituents is 1. The number of halogens is 4. The van der Waals surface area contributed by atoms with Crippen LogP contribution in [0.2, 0.25) is 5.02 Å². The van der Waals surface area contributed by atoms with Crippen LogP contribution < -0.4 is 4.74 Å². The maximum Gasteiger partial charge on any atom is 0.271 e. The molecule has 0 fully saturated rings. The summed E-state index contributed by atoms with van der Waals surface area (Å²) in [5.74, 6) is 1.19. The van der Waals surface area contributed by atoms with Gasteiger partial charge in [0.15, 0.2) is 5.75 Å². The SMILES string of the molecule is O=[N+]([O-])c1cc(Br)c(Oc2ccc(CCl)cc2Cl)c(Br)c1. The summed E-state index contributed by atoms with van der Waals surface area (Å²) < 4.78 is 6.60. The third-order valence-corrected chi connectivity index (χ3v) is 4.34. The van der Waals surface area contributed by atoms with Crippen LogP contribution in [0.3, 0.4) is 0 Å². The van der Waals surface area contributed by atoms with E-state index in [1.165, 1.54) is 12.1 Å². The lowest BCUT2D eigenvalue weighted by molar-refractivity contribution is -0.385. The van der Waals surface area contributed by atoms with E-state index < -0.39 is 4.92 Å². The van der Waals surface area contributed by atoms with Crippen molar-refractivity contribution in [3.05, 3.63) is 60.0 Å². The number of ether oxygens (including phenoxy) is 1. The molecule has 4 nitrogen and oxygen atoms in total. The van der Waals surface area contributed by atoms with Crippen LogP contribution in [0.5, 0.6) is 11.5 Å². The van der Waals surface area contributed by atoms with Crippen molar-refractivity contribution in [1.82, 2.24) is 0 Å². The lowest BCUT2D eigenvalue weighted by Crippen LogP contribution is -1.93. The van der Waals surface area contributed by atoms with Crippen LogP contribution in [0.1, 0.15) is 5.56 Å². The second-order valence-corrected chi connectivity index (χ2v) is 6.38. The molecule has 0 atom stereocenters. The van der Waals surface area contributed by atoms with Crippen molar-refractivity contribution in [3.63, 3.8) is 0 Å². The summed E-state index contributed by atoms with van der Waals surface area (Å²) >= 11 is 18.4. The number of hydrogen-bond donors (Lipinski definition) is 0. The molecule has 110 valence electrons. The van der Waals surface area contributed by atoms with Gasteiger partial charge in [-0.1, -0.05) is 17.7 Å². The van der Waals surface area contributed by atoms with Gasteiger partial charge in [-0.3, -0.25) is 10.1 Å². The highest BCUT2D eigenvalue weighted by Gasteiger charge is 2.16. The molecule has 2 aromatic carbocycles. The van der Waals surface area contributed by atoms with Gasteiger partial charge in [-0.05, 0) is 49.6 Å². The molecule has 0 saturated carbocycles. The van der Waals surface area contributed by atoms with Gasteiger partial charge in [-0.25, -0.2) is 0 Å². The first-order valence-electron chi connectivity index (χ1n) is 5.58. The van der Waals surface area contributed by atoms with Crippen molar-refractivity contribution in [2.24, 2.45) is 0 Å². The van der Waals surface area contributed by atoms with Gasteiger partial charge in [-0.15, -0.1) is 11.6 Å². The smallest absolute Gasteiger partial charge is 0.271 e. The van der Waals surface area contributed by atoms with Gasteiger partial charge in [0.2, 0.25) is 0 Å². The van der Waals surface area contributed by atoms with Crippen molar-refractivity contribution in [3.8, 4) is 11.5 Å². The zero-order valence-electron chi connectivity index (χ0n) is 10.3. The van der Waals surface area contributed by atoms with Crippen LogP contribution in [0, 0.1) is 10.1 Å². The molecule has 0 aliphatic heterocycles. The van der Waals surface area contributed by atoms with Gasteiger partial charge in [0.05, 0.1) is 18.9 Å². The summed E-state index contributed by atoms with van der Waals surface area (Å²) in [6.45, 7) is 0. The maximum atomic E-state index is 10.8. The highest BCUT2D eigenvalue weighted by atomic mass is 79.9. The zero-order chi connectivity index (χ0) is 15.6. The van der Waals surface area contributed by atoms with Crippen LogP contribution in [0.15, 0.2) is 39.3 Å². The Bertz CT molecular complexity index is 687. The molecule has 0 N–H and O–H groups in total. The van der Waals surface area contributed by atoms with E-state index >= 15 is 0 Å². The molecule has 0 aliphatic carbocycles. The Hall–Kier alpha value is -0.820. The summed E-state index contributed by atoms with van der Waals surface area (Å²) in [6, 6.07) is 7.92. The van der Waals surface area contributed by atoms with Gasteiger partial charge >= 0.3 is 0 Å². The highest BCUT2D eigenvalue weighted by Crippen LogP contribution is 2.41. The molecule has 0 radical (unpaired) electrons. The van der Waals surface area contributed by atoms with Crippen molar-refractivity contribution >= 4 is 60.7 Å². The normalized spacial score (nSPS) is 10.5. The minimum absolute atomic E-state index is 0.0512. The van der Waals surface area contributed by atoms with Crippen LogP contribution in [0.4, 0.5) is 5.69 Å². The molecule has 0 spiro atoms. The second-order valence-electron chi connectivity index (χ2n) is 4.00. The number of alkyl halides is 1. The minimum atomic E-state index is -0.485. The number of nitrogens with zero attached hydrogens (tertiary/aromatic N) is 1. The van der Waals surface area contributed by atoms with E-state index in [9.17, 15) is 10.1 Å². The fraction of sp³-hybridized carbons (Fsp3) is 0.0769. The van der Waals surface area contributed by atoms with Gasteiger partial charge < -0.3 is 4.74 Å². The first-order valence-corrected chi connectivity index (χ1v) is 8.08. The van der Waals surface area contributed by atoms with Crippen LogP contribution in [0.25, 0.3) is 0 Å². The first kappa shape index (κ1) is 16.5. The molecule has 8 heteroatoms. The zero-order valence-corrected chi connectivity index (χ0v) is 15.0. The van der Waals surface area contributed by atoms with Gasteiger partial charge in [-0.2, -0.15) is 0 Å². The molecule has 0 heterocycles. The minimum Gasteiger partial charge on any atom is -0.453 e. The lowest BCUT2D eigenvalue weighted by Gasteiger charge is -2.11. The van der Waals surface area contributed by atoms with Crippen LogP contribution >= 0.6 is 55.1 Å². The summed E-state index contributed by atoms with van der Waals surface area (Å²) in [5.41, 5.74) is 0.820. The third kappa shape index (κ3) is 3.88. The van der Waals surface area contributed by atoms with Crippen molar-refractivity contribution in [2.45, 2.75) is 5.88 Å². The molecule has 0 unspecified atom stereocenters. The van der Waals surface area contributed by atoms with Gasteiger partial charge in [0, 0.05) is 18.0 Å². The summed E-state index contributed by atoms with van der Waals surface area (Å²) in [6.07, 6.45) is 0. The molecule has 0 saturated heterocycles. The molecule has 2 aromatic rings.